The molecule has 0 radical (unpaired) electrons. The highest BCUT2D eigenvalue weighted by Gasteiger charge is 2.45. The van der Waals surface area contributed by atoms with Crippen LogP contribution in [0.15, 0.2) is 35.2 Å². The molecule has 0 aromatic heterocycles. The highest BCUT2D eigenvalue weighted by atomic mass is 32.2. The third-order valence-corrected chi connectivity index (χ3v) is 10.4. The van der Waals surface area contributed by atoms with E-state index in [9.17, 15) is 18.0 Å². The molecule has 2 aromatic rings. The zero-order valence-electron chi connectivity index (χ0n) is 20.0. The lowest BCUT2D eigenvalue weighted by atomic mass is 9.77. The van der Waals surface area contributed by atoms with Crippen LogP contribution in [0.4, 0.5) is 5.69 Å². The summed E-state index contributed by atoms with van der Waals surface area (Å²) in [5, 5.41) is 0. The number of carbonyl (C=O) groups excluding carboxylic acids is 2. The Balaban J connectivity index is 1.08. The number of anilines is 1. The molecule has 4 aliphatic heterocycles. The van der Waals surface area contributed by atoms with E-state index in [1.54, 1.807) is 12.1 Å². The van der Waals surface area contributed by atoms with Gasteiger partial charge in [0.15, 0.2) is 9.84 Å². The van der Waals surface area contributed by atoms with Crippen molar-refractivity contribution in [1.29, 1.82) is 0 Å². The molecule has 0 N–H and O–H groups in total. The Hall–Kier alpha value is -2.71. The average Bonchev–Trinajstić information content (AvgIpc) is 3.48. The van der Waals surface area contributed by atoms with Gasteiger partial charge in [-0.2, -0.15) is 0 Å². The number of amides is 1. The van der Waals surface area contributed by atoms with Crippen LogP contribution in [0.2, 0.25) is 0 Å². The Morgan fingerprint density at radius 3 is 2.69 bits per heavy atom. The van der Waals surface area contributed by atoms with Gasteiger partial charge in [-0.1, -0.05) is 6.07 Å². The number of nitrogens with zero attached hydrogens (tertiary/aromatic N) is 2. The van der Waals surface area contributed by atoms with Gasteiger partial charge in [-0.15, -0.1) is 0 Å². The Kier molecular flexibility index (Phi) is 5.30. The van der Waals surface area contributed by atoms with Crippen molar-refractivity contribution >= 4 is 27.4 Å². The molecule has 0 aliphatic carbocycles. The number of rotatable bonds is 4. The average molecular weight is 495 g/mol. The number of hydrogen-bond acceptors (Lipinski definition) is 6. The van der Waals surface area contributed by atoms with Crippen LogP contribution in [0.25, 0.3) is 0 Å². The Labute approximate surface area is 206 Å². The number of likely N-dealkylation sites (tertiary alicyclic amines) is 1. The second-order valence-corrected chi connectivity index (χ2v) is 12.6. The molecule has 1 spiro atoms. The van der Waals surface area contributed by atoms with Crippen molar-refractivity contribution in [3.63, 3.8) is 0 Å². The predicted octanol–water partition coefficient (Wildman–Crippen LogP) is 3.06. The van der Waals surface area contributed by atoms with E-state index in [-0.39, 0.29) is 23.0 Å². The van der Waals surface area contributed by atoms with Gasteiger partial charge in [-0.25, -0.2) is 13.2 Å². The zero-order valence-corrected chi connectivity index (χ0v) is 20.8. The van der Waals surface area contributed by atoms with Crippen molar-refractivity contribution in [2.75, 3.05) is 36.8 Å². The fourth-order valence-corrected chi connectivity index (χ4v) is 7.80. The summed E-state index contributed by atoms with van der Waals surface area (Å²) in [6, 6.07) is 9.33. The summed E-state index contributed by atoms with van der Waals surface area (Å²) in [5.41, 5.74) is 5.83. The van der Waals surface area contributed by atoms with Crippen LogP contribution < -0.4 is 4.90 Å². The van der Waals surface area contributed by atoms with E-state index >= 15 is 0 Å². The molecule has 4 heterocycles. The van der Waals surface area contributed by atoms with Crippen LogP contribution in [0.3, 0.4) is 0 Å². The third-order valence-electron chi connectivity index (χ3n) is 8.54. The summed E-state index contributed by atoms with van der Waals surface area (Å²) in [5.74, 6) is 0.0852. The standard InChI is InChI=1S/C27H30N2O5S/c1-18-19(2-4-22-23(18)16-34-26(22)31)6-10-28-11-8-27(9-12-28)15-25(30)29(17-27)21-3-5-24-20(14-21)7-13-35(24,32)33/h2-5,14H,6-13,15-17H2,1H3. The molecule has 4 aliphatic rings. The monoisotopic (exact) mass is 494 g/mol. The number of hydrogen-bond donors (Lipinski definition) is 0. The van der Waals surface area contributed by atoms with Crippen molar-refractivity contribution in [2.24, 2.45) is 5.41 Å². The molecule has 8 heteroatoms. The fraction of sp³-hybridized carbons (Fsp3) is 0.481. The molecule has 2 aromatic carbocycles. The number of sulfone groups is 1. The van der Waals surface area contributed by atoms with Gasteiger partial charge >= 0.3 is 5.97 Å². The molecular weight excluding hydrogens is 464 g/mol. The minimum atomic E-state index is -3.16. The molecular formula is C27H30N2O5S. The first-order chi connectivity index (χ1) is 16.7. The SMILES string of the molecule is Cc1c(CCN2CCC3(CC2)CC(=O)N(c2ccc4c(c2)CCS4(=O)=O)C3)ccc2c1COC2=O. The van der Waals surface area contributed by atoms with Crippen LogP contribution in [0.1, 0.15) is 51.9 Å². The highest BCUT2D eigenvalue weighted by molar-refractivity contribution is 7.91. The number of cyclic esters (lactones) is 1. The number of piperidine rings is 1. The van der Waals surface area contributed by atoms with E-state index in [1.165, 1.54) is 11.1 Å². The largest absolute Gasteiger partial charge is 0.457 e. The minimum Gasteiger partial charge on any atom is -0.457 e. The first-order valence-electron chi connectivity index (χ1n) is 12.4. The fourth-order valence-electron chi connectivity index (χ4n) is 6.25. The van der Waals surface area contributed by atoms with E-state index in [1.807, 2.05) is 17.0 Å². The molecule has 184 valence electrons. The summed E-state index contributed by atoms with van der Waals surface area (Å²) in [6.07, 6.45) is 4.00. The van der Waals surface area contributed by atoms with Gasteiger partial charge in [0.2, 0.25) is 5.91 Å². The van der Waals surface area contributed by atoms with Gasteiger partial charge in [0.05, 0.1) is 16.2 Å². The van der Waals surface area contributed by atoms with Crippen LogP contribution >= 0.6 is 0 Å². The maximum Gasteiger partial charge on any atom is 0.338 e. The smallest absolute Gasteiger partial charge is 0.338 e. The molecule has 7 nitrogen and oxygen atoms in total. The van der Waals surface area contributed by atoms with Crippen molar-refractivity contribution in [2.45, 2.75) is 50.5 Å². The summed E-state index contributed by atoms with van der Waals surface area (Å²) in [4.78, 5) is 29.5. The van der Waals surface area contributed by atoms with E-state index in [0.717, 1.165) is 55.7 Å². The molecule has 6 rings (SSSR count). The van der Waals surface area contributed by atoms with Gasteiger partial charge in [0.1, 0.15) is 6.61 Å². The molecule has 1 amide bonds. The maximum absolute atomic E-state index is 13.0. The first-order valence-corrected chi connectivity index (χ1v) is 14.1. The molecule has 0 bridgehead atoms. The second-order valence-electron chi connectivity index (χ2n) is 10.6. The Morgan fingerprint density at radius 2 is 1.89 bits per heavy atom. The molecule has 0 atom stereocenters. The van der Waals surface area contributed by atoms with Crippen molar-refractivity contribution < 1.29 is 22.7 Å². The number of ether oxygens (including phenoxy) is 1. The Morgan fingerprint density at radius 1 is 1.09 bits per heavy atom. The topological polar surface area (TPSA) is 84.0 Å². The molecule has 2 fully saturated rings. The van der Waals surface area contributed by atoms with Gasteiger partial charge in [-0.05, 0) is 92.1 Å². The van der Waals surface area contributed by atoms with Gasteiger partial charge in [0.25, 0.3) is 0 Å². The summed E-state index contributed by atoms with van der Waals surface area (Å²) < 4.78 is 29.5. The van der Waals surface area contributed by atoms with Gasteiger partial charge in [-0.3, -0.25) is 4.79 Å². The lowest BCUT2D eigenvalue weighted by Gasteiger charge is -2.39. The lowest BCUT2D eigenvalue weighted by Crippen LogP contribution is -2.42. The quantitative estimate of drug-likeness (QED) is 0.608. The minimum absolute atomic E-state index is 0.000138. The van der Waals surface area contributed by atoms with Crippen molar-refractivity contribution in [1.82, 2.24) is 4.90 Å². The van der Waals surface area contributed by atoms with E-state index < -0.39 is 9.84 Å². The summed E-state index contributed by atoms with van der Waals surface area (Å²) >= 11 is 0. The number of carbonyl (C=O) groups is 2. The highest BCUT2D eigenvalue weighted by Crippen LogP contribution is 2.43. The summed E-state index contributed by atoms with van der Waals surface area (Å²) in [6.45, 7) is 6.06. The van der Waals surface area contributed by atoms with Crippen LogP contribution in [-0.4, -0.2) is 57.1 Å². The Bertz CT molecular complexity index is 1340. The van der Waals surface area contributed by atoms with E-state index in [0.29, 0.717) is 36.5 Å². The summed E-state index contributed by atoms with van der Waals surface area (Å²) in [7, 11) is -3.16. The van der Waals surface area contributed by atoms with Crippen LogP contribution in [0.5, 0.6) is 0 Å². The first kappa shape index (κ1) is 22.7. The maximum atomic E-state index is 13.0. The number of fused-ring (bicyclic) bond motifs is 2. The molecule has 0 unspecified atom stereocenters. The predicted molar refractivity (Wildman–Crippen MR) is 131 cm³/mol. The van der Waals surface area contributed by atoms with Crippen LogP contribution in [0, 0.1) is 12.3 Å². The lowest BCUT2D eigenvalue weighted by molar-refractivity contribution is -0.118. The molecule has 35 heavy (non-hydrogen) atoms. The van der Waals surface area contributed by atoms with E-state index in [2.05, 4.69) is 17.9 Å². The molecule has 0 saturated carbocycles. The van der Waals surface area contributed by atoms with Gasteiger partial charge in [0, 0.05) is 30.8 Å². The van der Waals surface area contributed by atoms with Crippen LogP contribution in [-0.2, 0) is 38.8 Å². The normalized spacial score (nSPS) is 22.5. The van der Waals surface area contributed by atoms with Gasteiger partial charge < -0.3 is 14.5 Å². The van der Waals surface area contributed by atoms with Crippen molar-refractivity contribution in [3.8, 4) is 0 Å². The number of benzene rings is 2. The number of esters is 1. The van der Waals surface area contributed by atoms with E-state index in [4.69, 9.17) is 4.74 Å². The number of aryl methyl sites for hydroxylation is 1. The molecule has 2 saturated heterocycles. The van der Waals surface area contributed by atoms with Crippen molar-refractivity contribution in [3.05, 3.63) is 58.1 Å². The second kappa shape index (κ2) is 8.17. The third kappa shape index (κ3) is 3.87. The zero-order chi connectivity index (χ0) is 24.4.